The number of rotatable bonds is 2. The van der Waals surface area contributed by atoms with Crippen molar-refractivity contribution in [2.45, 2.75) is 32.5 Å². The highest BCUT2D eigenvalue weighted by Gasteiger charge is 2.47. The minimum absolute atomic E-state index is 0.127. The van der Waals surface area contributed by atoms with Gasteiger partial charge in [-0.15, -0.1) is 5.92 Å². The first-order chi connectivity index (χ1) is 10.2. The molecule has 1 aliphatic heterocycles. The Morgan fingerprint density at radius 3 is 2.36 bits per heavy atom. The third-order valence-electron chi connectivity index (χ3n) is 3.16. The average molecular weight is 414 g/mol. The molecule has 1 fully saturated rings. The van der Waals surface area contributed by atoms with E-state index in [0.717, 1.165) is 0 Å². The van der Waals surface area contributed by atoms with Crippen molar-refractivity contribution < 1.29 is 24.2 Å². The van der Waals surface area contributed by atoms with Crippen molar-refractivity contribution in [1.82, 2.24) is 0 Å². The van der Waals surface area contributed by atoms with Gasteiger partial charge in [-0.1, -0.05) is 12.0 Å². The Morgan fingerprint density at radius 2 is 1.86 bits per heavy atom. The number of hydrogen-bond donors (Lipinski definition) is 1. The largest absolute Gasteiger partial charge is 0.507 e. The average Bonchev–Trinajstić information content (AvgIpc) is 2.39. The summed E-state index contributed by atoms with van der Waals surface area (Å²) in [7, 11) is 0. The van der Waals surface area contributed by atoms with Crippen LogP contribution in [0, 0.1) is 21.3 Å². The maximum atomic E-state index is 12.2. The Labute approximate surface area is 142 Å². The highest BCUT2D eigenvalue weighted by atomic mass is 127. The second kappa shape index (κ2) is 6.16. The number of benzene rings is 1. The second-order valence-electron chi connectivity index (χ2n) is 5.30. The van der Waals surface area contributed by atoms with E-state index in [1.54, 1.807) is 19.1 Å². The number of esters is 2. The molecule has 1 heterocycles. The van der Waals surface area contributed by atoms with Crippen molar-refractivity contribution >= 4 is 34.5 Å². The van der Waals surface area contributed by atoms with Crippen LogP contribution < -0.4 is 0 Å². The molecule has 1 aromatic rings. The molecule has 6 heteroatoms. The number of aromatic hydroxyl groups is 1. The zero-order chi connectivity index (χ0) is 16.5. The zero-order valence-corrected chi connectivity index (χ0v) is 14.5. The maximum absolute atomic E-state index is 12.2. The van der Waals surface area contributed by atoms with Crippen molar-refractivity contribution in [3.8, 4) is 17.6 Å². The monoisotopic (exact) mass is 414 g/mol. The molecule has 1 aromatic carbocycles. The molecular formula is C16H15IO5. The van der Waals surface area contributed by atoms with Crippen LogP contribution >= 0.6 is 22.6 Å². The van der Waals surface area contributed by atoms with Gasteiger partial charge >= 0.3 is 11.9 Å². The Kier molecular flexibility index (Phi) is 4.66. The van der Waals surface area contributed by atoms with Crippen LogP contribution in [0.2, 0.25) is 0 Å². The predicted octanol–water partition coefficient (Wildman–Crippen LogP) is 2.56. The fraction of sp³-hybridized carbons (Fsp3) is 0.375. The molecule has 0 amide bonds. The van der Waals surface area contributed by atoms with Gasteiger partial charge in [0.05, 0.1) is 9.49 Å². The topological polar surface area (TPSA) is 72.8 Å². The van der Waals surface area contributed by atoms with Gasteiger partial charge in [-0.2, -0.15) is 0 Å². The van der Waals surface area contributed by atoms with Gasteiger partial charge in [0.1, 0.15) is 5.75 Å². The molecule has 0 saturated carbocycles. The van der Waals surface area contributed by atoms with Crippen LogP contribution in [-0.4, -0.2) is 22.8 Å². The molecule has 1 aliphatic rings. The summed E-state index contributed by atoms with van der Waals surface area (Å²) in [4.78, 5) is 24.4. The standard InChI is InChI=1S/C16H15IO5/c1-4-5-10(9-6-7-12(18)11(17)8-9)13-14(19)21-16(2,3)22-15(13)20/h6-8,10,13,18H,1-3H3. The molecule has 116 valence electrons. The summed E-state index contributed by atoms with van der Waals surface area (Å²) in [5, 5.41) is 9.61. The normalized spacial score (nSPS) is 18.7. The van der Waals surface area contributed by atoms with Crippen LogP contribution in [0.25, 0.3) is 0 Å². The van der Waals surface area contributed by atoms with Gasteiger partial charge in [-0.05, 0) is 47.2 Å². The summed E-state index contributed by atoms with van der Waals surface area (Å²) >= 11 is 1.97. The van der Waals surface area contributed by atoms with Gasteiger partial charge in [-0.25, -0.2) is 0 Å². The van der Waals surface area contributed by atoms with Gasteiger partial charge in [0.25, 0.3) is 5.79 Å². The summed E-state index contributed by atoms with van der Waals surface area (Å²) in [5.41, 5.74) is 0.648. The van der Waals surface area contributed by atoms with Crippen molar-refractivity contribution in [1.29, 1.82) is 0 Å². The summed E-state index contributed by atoms with van der Waals surface area (Å²) in [6, 6.07) is 4.82. The molecule has 22 heavy (non-hydrogen) atoms. The molecule has 0 radical (unpaired) electrons. The first-order valence-electron chi connectivity index (χ1n) is 6.61. The number of cyclic esters (lactones) is 2. The summed E-state index contributed by atoms with van der Waals surface area (Å²) in [6.45, 7) is 4.63. The number of carbonyl (C=O) groups is 2. The fourth-order valence-corrected chi connectivity index (χ4v) is 2.77. The smallest absolute Gasteiger partial charge is 0.325 e. The first-order valence-corrected chi connectivity index (χ1v) is 7.69. The third kappa shape index (κ3) is 3.35. The molecule has 0 aromatic heterocycles. The second-order valence-corrected chi connectivity index (χ2v) is 6.46. The summed E-state index contributed by atoms with van der Waals surface area (Å²) in [5.74, 6) is 1.32. The Hall–Kier alpha value is -1.75. The summed E-state index contributed by atoms with van der Waals surface area (Å²) < 4.78 is 10.9. The first kappa shape index (κ1) is 16.6. The predicted molar refractivity (Wildman–Crippen MR) is 86.8 cm³/mol. The number of ether oxygens (including phenoxy) is 2. The number of halogens is 1. The van der Waals surface area contributed by atoms with Gasteiger partial charge in [0, 0.05) is 13.8 Å². The van der Waals surface area contributed by atoms with E-state index in [2.05, 4.69) is 11.8 Å². The minimum atomic E-state index is -1.27. The molecule has 0 spiro atoms. The number of hydrogen-bond acceptors (Lipinski definition) is 5. The SMILES string of the molecule is CC#CC(c1ccc(O)c(I)c1)C1C(=O)OC(C)(C)OC1=O. The minimum Gasteiger partial charge on any atom is -0.507 e. The van der Waals surface area contributed by atoms with Crippen molar-refractivity contribution in [3.05, 3.63) is 27.3 Å². The van der Waals surface area contributed by atoms with Crippen LogP contribution in [0.15, 0.2) is 18.2 Å². The molecule has 1 atom stereocenters. The number of carbonyl (C=O) groups excluding carboxylic acids is 2. The molecule has 5 nitrogen and oxygen atoms in total. The van der Waals surface area contributed by atoms with Gasteiger partial charge in [0.15, 0.2) is 5.92 Å². The highest BCUT2D eigenvalue weighted by Crippen LogP contribution is 2.34. The lowest BCUT2D eigenvalue weighted by molar-refractivity contribution is -0.240. The van der Waals surface area contributed by atoms with Crippen molar-refractivity contribution in [2.24, 2.45) is 5.92 Å². The fourth-order valence-electron chi connectivity index (χ4n) is 2.23. The van der Waals surface area contributed by atoms with Gasteiger partial charge in [0.2, 0.25) is 0 Å². The molecule has 1 unspecified atom stereocenters. The maximum Gasteiger partial charge on any atom is 0.325 e. The van der Waals surface area contributed by atoms with Gasteiger partial charge in [-0.3, -0.25) is 9.59 Å². The quantitative estimate of drug-likeness (QED) is 0.349. The molecule has 0 bridgehead atoms. The number of phenols is 1. The molecule has 0 aliphatic carbocycles. The van der Waals surface area contributed by atoms with Crippen molar-refractivity contribution in [3.63, 3.8) is 0 Å². The van der Waals surface area contributed by atoms with E-state index in [1.807, 2.05) is 22.6 Å². The van der Waals surface area contributed by atoms with E-state index in [1.165, 1.54) is 19.9 Å². The number of phenolic OH excluding ortho intramolecular Hbond substituents is 1. The highest BCUT2D eigenvalue weighted by molar-refractivity contribution is 14.1. The van der Waals surface area contributed by atoms with Crippen LogP contribution in [0.4, 0.5) is 0 Å². The lowest BCUT2D eigenvalue weighted by Gasteiger charge is -2.34. The third-order valence-corrected chi connectivity index (χ3v) is 4.03. The van der Waals surface area contributed by atoms with E-state index < -0.39 is 29.6 Å². The van der Waals surface area contributed by atoms with E-state index in [0.29, 0.717) is 9.13 Å². The van der Waals surface area contributed by atoms with Crippen LogP contribution in [0.3, 0.4) is 0 Å². The van der Waals surface area contributed by atoms with E-state index >= 15 is 0 Å². The molecular weight excluding hydrogens is 399 g/mol. The van der Waals surface area contributed by atoms with E-state index in [-0.39, 0.29) is 5.75 Å². The zero-order valence-electron chi connectivity index (χ0n) is 12.3. The Morgan fingerprint density at radius 1 is 1.27 bits per heavy atom. The van der Waals surface area contributed by atoms with Crippen LogP contribution in [0.1, 0.15) is 32.3 Å². The van der Waals surface area contributed by atoms with E-state index in [9.17, 15) is 14.7 Å². The van der Waals surface area contributed by atoms with Gasteiger partial charge < -0.3 is 14.6 Å². The lowest BCUT2D eigenvalue weighted by atomic mass is 9.85. The molecule has 1 saturated heterocycles. The Bertz CT molecular complexity index is 664. The molecule has 1 N–H and O–H groups in total. The van der Waals surface area contributed by atoms with E-state index in [4.69, 9.17) is 9.47 Å². The van der Waals surface area contributed by atoms with Crippen molar-refractivity contribution in [2.75, 3.05) is 0 Å². The summed E-state index contributed by atoms with van der Waals surface area (Å²) in [6.07, 6.45) is 0. The van der Waals surface area contributed by atoms with Crippen LogP contribution in [-0.2, 0) is 19.1 Å². The lowest BCUT2D eigenvalue weighted by Crippen LogP contribution is -2.48. The Balaban J connectivity index is 2.43. The molecule has 2 rings (SSSR count). The van der Waals surface area contributed by atoms with Crippen LogP contribution in [0.5, 0.6) is 5.75 Å².